The predicted octanol–water partition coefficient (Wildman–Crippen LogP) is -1.91. The summed E-state index contributed by atoms with van der Waals surface area (Å²) in [6.45, 7) is 2.31. The molecule has 1 aliphatic rings. The molecular formula is C8H13N3O4. The molecule has 0 atom stereocenters. The minimum atomic E-state index is -0.829. The molecule has 1 heterocycles. The highest BCUT2D eigenvalue weighted by atomic mass is 16.7. The van der Waals surface area contributed by atoms with Crippen LogP contribution >= 0.6 is 0 Å². The third-order valence-corrected chi connectivity index (χ3v) is 1.91. The molecule has 0 spiro atoms. The van der Waals surface area contributed by atoms with E-state index in [4.69, 9.17) is 5.73 Å². The number of rotatable bonds is 3. The molecule has 0 aromatic rings. The van der Waals surface area contributed by atoms with E-state index in [0.29, 0.717) is 19.6 Å². The molecule has 1 fully saturated rings. The minimum Gasteiger partial charge on any atom is -0.338 e. The van der Waals surface area contributed by atoms with Gasteiger partial charge in [0.15, 0.2) is 0 Å². The number of hydrogen-bond acceptors (Lipinski definition) is 5. The molecule has 0 bridgehead atoms. The number of amides is 2. The van der Waals surface area contributed by atoms with Crippen LogP contribution in [0.25, 0.3) is 0 Å². The zero-order valence-electron chi connectivity index (χ0n) is 8.43. The molecule has 7 nitrogen and oxygen atoms in total. The Labute approximate surface area is 86.7 Å². The van der Waals surface area contributed by atoms with Crippen molar-refractivity contribution in [1.29, 1.82) is 0 Å². The predicted molar refractivity (Wildman–Crippen MR) is 49.1 cm³/mol. The lowest BCUT2D eigenvalue weighted by Gasteiger charge is -2.31. The van der Waals surface area contributed by atoms with Crippen LogP contribution in [0.15, 0.2) is 0 Å². The molecule has 7 heteroatoms. The Balaban J connectivity index is 2.60. The van der Waals surface area contributed by atoms with Crippen LogP contribution in [0.3, 0.4) is 0 Å². The van der Waals surface area contributed by atoms with Crippen LogP contribution in [0.4, 0.5) is 0 Å². The lowest BCUT2D eigenvalue weighted by molar-refractivity contribution is -0.203. The second kappa shape index (κ2) is 4.74. The van der Waals surface area contributed by atoms with Crippen molar-refractivity contribution in [2.24, 2.45) is 5.73 Å². The normalized spacial score (nSPS) is 16.9. The second-order valence-electron chi connectivity index (χ2n) is 3.07. The van der Waals surface area contributed by atoms with Crippen molar-refractivity contribution in [3.05, 3.63) is 0 Å². The number of piperazine rings is 1. The monoisotopic (exact) mass is 215 g/mol. The molecule has 0 unspecified atom stereocenters. The van der Waals surface area contributed by atoms with Gasteiger partial charge in [-0.05, 0) is 0 Å². The molecule has 0 radical (unpaired) electrons. The van der Waals surface area contributed by atoms with E-state index in [1.165, 1.54) is 11.8 Å². The highest BCUT2D eigenvalue weighted by Gasteiger charge is 2.34. The maximum absolute atomic E-state index is 11.4. The van der Waals surface area contributed by atoms with Gasteiger partial charge in [0, 0.05) is 26.6 Å². The largest absolute Gasteiger partial charge is 0.344 e. The highest BCUT2D eigenvalue weighted by Crippen LogP contribution is 2.05. The van der Waals surface area contributed by atoms with E-state index < -0.39 is 17.8 Å². The van der Waals surface area contributed by atoms with E-state index in [9.17, 15) is 14.4 Å². The highest BCUT2D eigenvalue weighted by molar-refractivity contribution is 6.35. The standard InChI is InChI=1S/C8H13N3O4/c1-6(12)15-11-5-4-10(3-2-9)7(13)8(11)14/h2-5,9H2,1H3. The first-order valence-electron chi connectivity index (χ1n) is 4.55. The molecule has 2 amide bonds. The fraction of sp³-hybridized carbons (Fsp3) is 0.625. The molecule has 1 aliphatic heterocycles. The molecule has 84 valence electrons. The maximum atomic E-state index is 11.4. The van der Waals surface area contributed by atoms with E-state index >= 15 is 0 Å². The van der Waals surface area contributed by atoms with E-state index in [1.807, 2.05) is 0 Å². The van der Waals surface area contributed by atoms with E-state index in [1.54, 1.807) is 0 Å². The summed E-state index contributed by atoms with van der Waals surface area (Å²) in [7, 11) is 0. The van der Waals surface area contributed by atoms with Gasteiger partial charge in [-0.15, -0.1) is 0 Å². The van der Waals surface area contributed by atoms with E-state index in [0.717, 1.165) is 5.06 Å². The first-order chi connectivity index (χ1) is 7.06. The van der Waals surface area contributed by atoms with Crippen LogP contribution < -0.4 is 5.73 Å². The lowest BCUT2D eigenvalue weighted by atomic mass is 10.3. The van der Waals surface area contributed by atoms with Gasteiger partial charge < -0.3 is 15.5 Å². The summed E-state index contributed by atoms with van der Waals surface area (Å²) in [6.07, 6.45) is 0. The zero-order chi connectivity index (χ0) is 11.4. The van der Waals surface area contributed by atoms with Crippen LogP contribution in [0.5, 0.6) is 0 Å². The molecule has 15 heavy (non-hydrogen) atoms. The Kier molecular flexibility index (Phi) is 3.62. The maximum Gasteiger partial charge on any atom is 0.344 e. The lowest BCUT2D eigenvalue weighted by Crippen LogP contribution is -2.55. The Bertz CT molecular complexity index is 292. The van der Waals surface area contributed by atoms with Gasteiger partial charge in [-0.25, -0.2) is 0 Å². The average Bonchev–Trinajstić information content (AvgIpc) is 2.17. The summed E-state index contributed by atoms with van der Waals surface area (Å²) in [5, 5.41) is 0.775. The average molecular weight is 215 g/mol. The summed E-state index contributed by atoms with van der Waals surface area (Å²) >= 11 is 0. The Morgan fingerprint density at radius 2 is 2.07 bits per heavy atom. The fourth-order valence-corrected chi connectivity index (χ4v) is 1.27. The summed E-state index contributed by atoms with van der Waals surface area (Å²) in [5.74, 6) is -2.14. The third kappa shape index (κ3) is 2.66. The number of nitrogens with zero attached hydrogens (tertiary/aromatic N) is 2. The number of carbonyl (C=O) groups is 3. The van der Waals surface area contributed by atoms with Gasteiger partial charge in [-0.3, -0.25) is 14.4 Å². The van der Waals surface area contributed by atoms with Crippen molar-refractivity contribution >= 4 is 17.8 Å². The second-order valence-corrected chi connectivity index (χ2v) is 3.07. The van der Waals surface area contributed by atoms with Crippen molar-refractivity contribution < 1.29 is 19.2 Å². The van der Waals surface area contributed by atoms with Crippen molar-refractivity contribution in [2.45, 2.75) is 6.92 Å². The fourth-order valence-electron chi connectivity index (χ4n) is 1.27. The number of hydroxylamine groups is 2. The molecule has 1 saturated heterocycles. The summed E-state index contributed by atoms with van der Waals surface area (Å²) in [6, 6.07) is 0. The van der Waals surface area contributed by atoms with E-state index in [-0.39, 0.29) is 6.54 Å². The van der Waals surface area contributed by atoms with Crippen LogP contribution in [0.2, 0.25) is 0 Å². The van der Waals surface area contributed by atoms with Gasteiger partial charge in [0.2, 0.25) is 0 Å². The van der Waals surface area contributed by atoms with Gasteiger partial charge >= 0.3 is 17.8 Å². The number of hydrogen-bond donors (Lipinski definition) is 1. The Morgan fingerprint density at radius 1 is 1.40 bits per heavy atom. The summed E-state index contributed by atoms with van der Waals surface area (Å²) in [5.41, 5.74) is 5.28. The summed E-state index contributed by atoms with van der Waals surface area (Å²) in [4.78, 5) is 39.3. The Hall–Kier alpha value is -1.63. The van der Waals surface area contributed by atoms with Crippen LogP contribution in [-0.2, 0) is 19.2 Å². The van der Waals surface area contributed by atoms with Crippen molar-refractivity contribution in [3.63, 3.8) is 0 Å². The quantitative estimate of drug-likeness (QED) is 0.555. The smallest absolute Gasteiger partial charge is 0.338 e. The molecule has 2 N–H and O–H groups in total. The molecule has 0 saturated carbocycles. The molecule has 0 aliphatic carbocycles. The van der Waals surface area contributed by atoms with Gasteiger partial charge in [-0.2, -0.15) is 5.06 Å². The van der Waals surface area contributed by atoms with Crippen molar-refractivity contribution in [1.82, 2.24) is 9.96 Å². The van der Waals surface area contributed by atoms with Crippen LogP contribution in [0.1, 0.15) is 6.92 Å². The zero-order valence-corrected chi connectivity index (χ0v) is 8.43. The van der Waals surface area contributed by atoms with Gasteiger partial charge in [0.05, 0.1) is 6.54 Å². The van der Waals surface area contributed by atoms with Crippen LogP contribution in [0, 0.1) is 0 Å². The Morgan fingerprint density at radius 3 is 2.60 bits per heavy atom. The van der Waals surface area contributed by atoms with Gasteiger partial charge in [-0.1, -0.05) is 0 Å². The van der Waals surface area contributed by atoms with Gasteiger partial charge in [0.25, 0.3) is 0 Å². The number of nitrogens with two attached hydrogens (primary N) is 1. The summed E-state index contributed by atoms with van der Waals surface area (Å²) < 4.78 is 0. The van der Waals surface area contributed by atoms with Crippen molar-refractivity contribution in [2.75, 3.05) is 26.2 Å². The van der Waals surface area contributed by atoms with Crippen LogP contribution in [-0.4, -0.2) is 53.9 Å². The molecular weight excluding hydrogens is 202 g/mol. The number of carbonyl (C=O) groups excluding carboxylic acids is 3. The third-order valence-electron chi connectivity index (χ3n) is 1.91. The molecule has 1 rings (SSSR count). The SMILES string of the molecule is CC(=O)ON1CCN(CCN)C(=O)C1=O. The minimum absolute atomic E-state index is 0.185. The first-order valence-corrected chi connectivity index (χ1v) is 4.55. The van der Waals surface area contributed by atoms with Gasteiger partial charge in [0.1, 0.15) is 0 Å². The van der Waals surface area contributed by atoms with E-state index in [2.05, 4.69) is 4.84 Å². The van der Waals surface area contributed by atoms with Crippen molar-refractivity contribution in [3.8, 4) is 0 Å². The molecule has 0 aromatic carbocycles. The topological polar surface area (TPSA) is 92.9 Å². The first kappa shape index (κ1) is 11.4. The molecule has 0 aromatic heterocycles.